The van der Waals surface area contributed by atoms with E-state index >= 15 is 0 Å². The molecule has 1 fully saturated rings. The molecule has 1 aliphatic rings. The van der Waals surface area contributed by atoms with Gasteiger partial charge in [-0.1, -0.05) is 0 Å². The average Bonchev–Trinajstić information content (AvgIpc) is 2.72. The number of nitrogens with two attached hydrogens (primary N) is 1. The van der Waals surface area contributed by atoms with Gasteiger partial charge in [-0.3, -0.25) is 9.13 Å². The van der Waals surface area contributed by atoms with E-state index in [1.54, 1.807) is 32.3 Å². The summed E-state index contributed by atoms with van der Waals surface area (Å²) in [5.74, 6) is 0. The summed E-state index contributed by atoms with van der Waals surface area (Å²) in [7, 11) is -0.272. The Labute approximate surface area is 141 Å². The molecule has 0 aliphatic carbocycles. The zero-order chi connectivity index (χ0) is 16.1. The molecule has 0 saturated carbocycles. The van der Waals surface area contributed by atoms with Crippen LogP contribution >= 0.6 is 12.4 Å². The number of aryl methyl sites for hydroxylation is 2. The maximum absolute atomic E-state index is 12.8. The van der Waals surface area contributed by atoms with E-state index in [0.29, 0.717) is 24.1 Å². The van der Waals surface area contributed by atoms with Crippen LogP contribution in [0.15, 0.2) is 27.9 Å². The lowest BCUT2D eigenvalue weighted by molar-refractivity contribution is 0.316. The van der Waals surface area contributed by atoms with E-state index in [4.69, 9.17) is 5.73 Å². The first-order valence-corrected chi connectivity index (χ1v) is 8.67. The third-order valence-electron chi connectivity index (χ3n) is 4.30. The molecule has 7 nitrogen and oxygen atoms in total. The predicted molar refractivity (Wildman–Crippen MR) is 91.4 cm³/mol. The van der Waals surface area contributed by atoms with Crippen LogP contribution in [0.2, 0.25) is 0 Å². The summed E-state index contributed by atoms with van der Waals surface area (Å²) in [4.78, 5) is 12.1. The number of hydrogen-bond donors (Lipinski definition) is 1. The van der Waals surface area contributed by atoms with Crippen LogP contribution in [-0.2, 0) is 24.1 Å². The maximum Gasteiger partial charge on any atom is 0.328 e. The molecule has 2 aromatic rings. The van der Waals surface area contributed by atoms with Crippen LogP contribution < -0.4 is 11.4 Å². The molecule has 2 heterocycles. The highest BCUT2D eigenvalue weighted by molar-refractivity contribution is 7.89. The van der Waals surface area contributed by atoms with E-state index in [0.717, 1.165) is 12.8 Å². The Morgan fingerprint density at radius 1 is 1.17 bits per heavy atom. The number of aromatic nitrogens is 2. The standard InChI is InChI=1S/C14H20N4O3S.ClH/c1-16-12-6-5-11(8-13(12)17(2)14(16)19)22(20,21)18-7-3-4-10(15)9-18;/h5-6,8,10H,3-4,7,9,15H2,1-2H3;1H. The topological polar surface area (TPSA) is 90.3 Å². The number of rotatable bonds is 2. The zero-order valence-corrected chi connectivity index (χ0v) is 14.7. The van der Waals surface area contributed by atoms with E-state index in [1.165, 1.54) is 13.4 Å². The SMILES string of the molecule is Cl.Cn1c(=O)n(C)c2cc(S(=O)(=O)N3CCCC(N)C3)ccc21. The van der Waals surface area contributed by atoms with Crippen LogP contribution in [0.4, 0.5) is 0 Å². The fourth-order valence-electron chi connectivity index (χ4n) is 2.99. The second-order valence-corrected chi connectivity index (χ2v) is 7.75. The Bertz CT molecular complexity index is 887. The van der Waals surface area contributed by atoms with Crippen LogP contribution in [0.25, 0.3) is 11.0 Å². The lowest BCUT2D eigenvalue weighted by Gasteiger charge is -2.29. The van der Waals surface area contributed by atoms with Crippen LogP contribution in [0, 0.1) is 0 Å². The molecule has 0 radical (unpaired) electrons. The molecular formula is C14H21ClN4O3S. The van der Waals surface area contributed by atoms with Crippen LogP contribution in [0.5, 0.6) is 0 Å². The highest BCUT2D eigenvalue weighted by Gasteiger charge is 2.29. The number of halogens is 1. The summed E-state index contributed by atoms with van der Waals surface area (Å²) in [5.41, 5.74) is 7.02. The molecule has 23 heavy (non-hydrogen) atoms. The van der Waals surface area contributed by atoms with Crippen molar-refractivity contribution in [2.75, 3.05) is 13.1 Å². The molecule has 1 aliphatic heterocycles. The quantitative estimate of drug-likeness (QED) is 0.839. The van der Waals surface area contributed by atoms with Crippen molar-refractivity contribution < 1.29 is 8.42 Å². The molecule has 1 aromatic heterocycles. The second kappa shape index (κ2) is 6.27. The molecule has 9 heteroatoms. The van der Waals surface area contributed by atoms with Gasteiger partial charge < -0.3 is 5.73 Å². The van der Waals surface area contributed by atoms with Gasteiger partial charge in [-0.05, 0) is 31.0 Å². The Balaban J connectivity index is 0.00000192. The second-order valence-electron chi connectivity index (χ2n) is 5.82. The van der Waals surface area contributed by atoms with Crippen molar-refractivity contribution in [1.29, 1.82) is 0 Å². The van der Waals surface area contributed by atoms with Crippen molar-refractivity contribution in [2.24, 2.45) is 19.8 Å². The van der Waals surface area contributed by atoms with E-state index in [9.17, 15) is 13.2 Å². The Kier molecular flexibility index (Phi) is 4.91. The van der Waals surface area contributed by atoms with Crippen molar-refractivity contribution in [1.82, 2.24) is 13.4 Å². The first-order valence-electron chi connectivity index (χ1n) is 7.23. The minimum atomic E-state index is -3.58. The highest BCUT2D eigenvalue weighted by atomic mass is 35.5. The minimum absolute atomic E-state index is 0. The van der Waals surface area contributed by atoms with Crippen molar-refractivity contribution in [2.45, 2.75) is 23.8 Å². The third-order valence-corrected chi connectivity index (χ3v) is 6.16. The Morgan fingerprint density at radius 3 is 2.48 bits per heavy atom. The third kappa shape index (κ3) is 2.91. The normalized spacial score (nSPS) is 19.7. The van der Waals surface area contributed by atoms with Gasteiger partial charge in [0, 0.05) is 33.2 Å². The Hall–Kier alpha value is -1.35. The van der Waals surface area contributed by atoms with Gasteiger partial charge in [0.25, 0.3) is 0 Å². The van der Waals surface area contributed by atoms with Crippen molar-refractivity contribution in [3.8, 4) is 0 Å². The molecule has 128 valence electrons. The van der Waals surface area contributed by atoms with Crippen LogP contribution in [0.1, 0.15) is 12.8 Å². The van der Waals surface area contributed by atoms with Gasteiger partial charge in [0.15, 0.2) is 0 Å². The largest absolute Gasteiger partial charge is 0.328 e. The first kappa shape index (κ1) is 18.0. The summed E-state index contributed by atoms with van der Waals surface area (Å²) in [5, 5.41) is 0. The monoisotopic (exact) mass is 360 g/mol. The first-order chi connectivity index (χ1) is 10.3. The molecule has 1 aromatic carbocycles. The number of nitrogens with zero attached hydrogens (tertiary/aromatic N) is 3. The highest BCUT2D eigenvalue weighted by Crippen LogP contribution is 2.23. The van der Waals surface area contributed by atoms with Crippen LogP contribution in [-0.4, -0.2) is 41.0 Å². The van der Waals surface area contributed by atoms with E-state index < -0.39 is 10.0 Å². The van der Waals surface area contributed by atoms with Crippen molar-refractivity contribution in [3.63, 3.8) is 0 Å². The number of fused-ring (bicyclic) bond motifs is 1. The fraction of sp³-hybridized carbons (Fsp3) is 0.500. The number of benzene rings is 1. The molecule has 3 rings (SSSR count). The van der Waals surface area contributed by atoms with E-state index in [2.05, 4.69) is 0 Å². The van der Waals surface area contributed by atoms with E-state index in [-0.39, 0.29) is 29.0 Å². The predicted octanol–water partition coefficient (Wildman–Crippen LogP) is 0.411. The van der Waals surface area contributed by atoms with Gasteiger partial charge in [0.05, 0.1) is 15.9 Å². The molecule has 2 N–H and O–H groups in total. The van der Waals surface area contributed by atoms with Gasteiger partial charge in [-0.15, -0.1) is 12.4 Å². The molecule has 1 unspecified atom stereocenters. The lowest BCUT2D eigenvalue weighted by atomic mass is 10.1. The summed E-state index contributed by atoms with van der Waals surface area (Å²) in [6.07, 6.45) is 1.62. The Morgan fingerprint density at radius 2 is 1.83 bits per heavy atom. The molecule has 0 bridgehead atoms. The zero-order valence-electron chi connectivity index (χ0n) is 13.1. The van der Waals surface area contributed by atoms with Gasteiger partial charge in [-0.2, -0.15) is 4.31 Å². The number of piperidine rings is 1. The number of hydrogen-bond acceptors (Lipinski definition) is 4. The van der Waals surface area contributed by atoms with Crippen molar-refractivity contribution >= 4 is 33.5 Å². The fourth-order valence-corrected chi connectivity index (χ4v) is 4.54. The smallest absolute Gasteiger partial charge is 0.327 e. The summed E-state index contributed by atoms with van der Waals surface area (Å²) >= 11 is 0. The van der Waals surface area contributed by atoms with Gasteiger partial charge in [0.1, 0.15) is 0 Å². The molecule has 1 atom stereocenters. The van der Waals surface area contributed by atoms with Gasteiger partial charge >= 0.3 is 5.69 Å². The van der Waals surface area contributed by atoms with Gasteiger partial charge in [-0.25, -0.2) is 13.2 Å². The molecule has 1 saturated heterocycles. The van der Waals surface area contributed by atoms with Gasteiger partial charge in [0.2, 0.25) is 10.0 Å². The summed E-state index contributed by atoms with van der Waals surface area (Å²) in [6.45, 7) is 0.829. The summed E-state index contributed by atoms with van der Waals surface area (Å²) < 4.78 is 29.9. The number of sulfonamides is 1. The van der Waals surface area contributed by atoms with Crippen molar-refractivity contribution in [3.05, 3.63) is 28.7 Å². The number of imidazole rings is 1. The molecular weight excluding hydrogens is 340 g/mol. The summed E-state index contributed by atoms with van der Waals surface area (Å²) in [6, 6.07) is 4.67. The minimum Gasteiger partial charge on any atom is -0.327 e. The van der Waals surface area contributed by atoms with E-state index in [1.807, 2.05) is 0 Å². The van der Waals surface area contributed by atoms with Crippen LogP contribution in [0.3, 0.4) is 0 Å². The maximum atomic E-state index is 12.8. The lowest BCUT2D eigenvalue weighted by Crippen LogP contribution is -2.45. The average molecular weight is 361 g/mol. The molecule has 0 amide bonds. The molecule has 0 spiro atoms.